The van der Waals surface area contributed by atoms with Crippen molar-refractivity contribution in [3.63, 3.8) is 0 Å². The molecule has 0 unspecified atom stereocenters. The molecule has 21 heavy (non-hydrogen) atoms. The Morgan fingerprint density at radius 3 is 2.24 bits per heavy atom. The Balaban J connectivity index is 2.32. The van der Waals surface area contributed by atoms with Crippen molar-refractivity contribution in [2.75, 3.05) is 19.7 Å². The third-order valence-corrected chi connectivity index (χ3v) is 4.00. The van der Waals surface area contributed by atoms with E-state index in [0.29, 0.717) is 25.6 Å². The number of amides is 2. The van der Waals surface area contributed by atoms with Crippen LogP contribution in [0.25, 0.3) is 0 Å². The molecule has 5 heteroatoms. The molecule has 1 N–H and O–H groups in total. The lowest BCUT2D eigenvalue weighted by atomic mass is 10.00. The summed E-state index contributed by atoms with van der Waals surface area (Å²) >= 11 is 0. The monoisotopic (exact) mass is 298 g/mol. The normalized spacial score (nSPS) is 16.4. The maximum Gasteiger partial charge on any atom is 0.409 e. The highest BCUT2D eigenvalue weighted by atomic mass is 16.6. The smallest absolute Gasteiger partial charge is 0.409 e. The number of carbonyl (C=O) groups is 2. The fourth-order valence-corrected chi connectivity index (χ4v) is 2.51. The maximum atomic E-state index is 12.1. The first kappa shape index (κ1) is 17.8. The molecule has 0 atom stereocenters. The summed E-state index contributed by atoms with van der Waals surface area (Å²) in [5, 5.41) is 3.11. The fourth-order valence-electron chi connectivity index (χ4n) is 2.51. The Labute approximate surface area is 128 Å². The zero-order valence-electron chi connectivity index (χ0n) is 13.9. The van der Waals surface area contributed by atoms with Gasteiger partial charge in [-0.3, -0.25) is 4.79 Å². The van der Waals surface area contributed by atoms with Crippen LogP contribution in [0.1, 0.15) is 53.4 Å². The van der Waals surface area contributed by atoms with Crippen LogP contribution in [0.2, 0.25) is 0 Å². The molecule has 0 aromatic carbocycles. The Bertz CT molecular complexity index is 332. The lowest BCUT2D eigenvalue weighted by molar-refractivity contribution is -0.126. The molecule has 0 aromatic rings. The van der Waals surface area contributed by atoms with Crippen LogP contribution in [0.4, 0.5) is 4.79 Å². The van der Waals surface area contributed by atoms with Gasteiger partial charge >= 0.3 is 6.09 Å². The van der Waals surface area contributed by atoms with E-state index in [9.17, 15) is 9.59 Å². The van der Waals surface area contributed by atoms with Crippen LogP contribution in [0.15, 0.2) is 0 Å². The van der Waals surface area contributed by atoms with Gasteiger partial charge < -0.3 is 15.0 Å². The first-order chi connectivity index (χ1) is 9.97. The number of carbonyl (C=O) groups excluding carboxylic acids is 2. The molecular weight excluding hydrogens is 268 g/mol. The Morgan fingerprint density at radius 1 is 1.19 bits per heavy atom. The molecule has 0 spiro atoms. The second kappa shape index (κ2) is 8.90. The molecule has 1 aliphatic rings. The average molecular weight is 298 g/mol. The van der Waals surface area contributed by atoms with Gasteiger partial charge in [0.05, 0.1) is 6.61 Å². The van der Waals surface area contributed by atoms with E-state index in [0.717, 1.165) is 25.7 Å². The second-order valence-electron chi connectivity index (χ2n) is 6.25. The molecule has 1 aliphatic heterocycles. The summed E-state index contributed by atoms with van der Waals surface area (Å²) in [6, 6.07) is 0.187. The van der Waals surface area contributed by atoms with E-state index in [4.69, 9.17) is 4.74 Å². The second-order valence-corrected chi connectivity index (χ2v) is 6.25. The summed E-state index contributed by atoms with van der Waals surface area (Å²) in [7, 11) is 0. The van der Waals surface area contributed by atoms with Crippen LogP contribution >= 0.6 is 0 Å². The largest absolute Gasteiger partial charge is 0.449 e. The lowest BCUT2D eigenvalue weighted by Gasteiger charge is -2.32. The van der Waals surface area contributed by atoms with Crippen molar-refractivity contribution in [2.24, 2.45) is 11.8 Å². The quantitative estimate of drug-likeness (QED) is 0.820. The van der Waals surface area contributed by atoms with E-state index in [1.165, 1.54) is 0 Å². The van der Waals surface area contributed by atoms with E-state index in [2.05, 4.69) is 5.32 Å². The molecule has 5 nitrogen and oxygen atoms in total. The van der Waals surface area contributed by atoms with Crippen molar-refractivity contribution in [3.05, 3.63) is 0 Å². The zero-order chi connectivity index (χ0) is 15.8. The van der Waals surface area contributed by atoms with Gasteiger partial charge in [-0.25, -0.2) is 4.79 Å². The molecule has 0 aromatic heterocycles. The molecular formula is C16H30N2O3. The summed E-state index contributed by atoms with van der Waals surface area (Å²) in [6.07, 6.45) is 3.14. The topological polar surface area (TPSA) is 58.6 Å². The highest BCUT2D eigenvalue weighted by molar-refractivity contribution is 5.78. The number of nitrogens with one attached hydrogen (secondary N) is 1. The van der Waals surface area contributed by atoms with Crippen molar-refractivity contribution in [1.82, 2.24) is 10.2 Å². The Hall–Kier alpha value is -1.26. The van der Waals surface area contributed by atoms with E-state index in [-0.39, 0.29) is 24.0 Å². The number of piperidine rings is 1. The molecule has 1 saturated heterocycles. The molecule has 0 aliphatic carbocycles. The molecule has 1 fully saturated rings. The summed E-state index contributed by atoms with van der Waals surface area (Å²) in [5.74, 6) is 0.616. The van der Waals surface area contributed by atoms with Crippen molar-refractivity contribution >= 4 is 12.0 Å². The summed E-state index contributed by atoms with van der Waals surface area (Å²) < 4.78 is 5.23. The molecule has 0 bridgehead atoms. The standard InChI is InChI=1S/C16H30N2O3/c1-5-13(6-2)15(19)17-14-7-9-18(10-8-14)16(20)21-11-12(3)4/h12-14H,5-11H2,1-4H3,(H,17,19). The lowest BCUT2D eigenvalue weighted by Crippen LogP contribution is -2.48. The van der Waals surface area contributed by atoms with Gasteiger partial charge in [-0.2, -0.15) is 0 Å². The fraction of sp³-hybridized carbons (Fsp3) is 0.875. The molecule has 0 radical (unpaired) electrons. The minimum Gasteiger partial charge on any atom is -0.449 e. The first-order valence-corrected chi connectivity index (χ1v) is 8.19. The molecule has 0 saturated carbocycles. The predicted molar refractivity (Wildman–Crippen MR) is 83.0 cm³/mol. The van der Waals surface area contributed by atoms with Crippen LogP contribution in [-0.4, -0.2) is 42.6 Å². The van der Waals surface area contributed by atoms with Gasteiger partial charge in [0.25, 0.3) is 0 Å². The minimum atomic E-state index is -0.228. The number of likely N-dealkylation sites (tertiary alicyclic amines) is 1. The van der Waals surface area contributed by atoms with E-state index < -0.39 is 0 Å². The van der Waals surface area contributed by atoms with Crippen LogP contribution in [0.5, 0.6) is 0 Å². The van der Waals surface area contributed by atoms with Gasteiger partial charge in [0.1, 0.15) is 0 Å². The zero-order valence-corrected chi connectivity index (χ0v) is 13.9. The molecule has 2 amide bonds. The number of hydrogen-bond donors (Lipinski definition) is 1. The number of rotatable bonds is 6. The molecule has 1 heterocycles. The highest BCUT2D eigenvalue weighted by Crippen LogP contribution is 2.14. The third kappa shape index (κ3) is 5.94. The van der Waals surface area contributed by atoms with Crippen LogP contribution in [0.3, 0.4) is 0 Å². The number of hydrogen-bond acceptors (Lipinski definition) is 3. The summed E-state index contributed by atoms with van der Waals surface area (Å²) in [5.41, 5.74) is 0. The van der Waals surface area contributed by atoms with E-state index in [1.54, 1.807) is 4.90 Å². The van der Waals surface area contributed by atoms with Gasteiger partial charge in [0.2, 0.25) is 5.91 Å². The Morgan fingerprint density at radius 2 is 1.76 bits per heavy atom. The third-order valence-electron chi connectivity index (χ3n) is 4.00. The highest BCUT2D eigenvalue weighted by Gasteiger charge is 2.26. The predicted octanol–water partition coefficient (Wildman–Crippen LogP) is 2.80. The summed E-state index contributed by atoms with van der Waals surface area (Å²) in [6.45, 7) is 9.90. The Kier molecular flexibility index (Phi) is 7.54. The van der Waals surface area contributed by atoms with Crippen molar-refractivity contribution in [2.45, 2.75) is 59.4 Å². The molecule has 1 rings (SSSR count). The van der Waals surface area contributed by atoms with Crippen LogP contribution < -0.4 is 5.32 Å². The minimum absolute atomic E-state index is 0.110. The van der Waals surface area contributed by atoms with Crippen molar-refractivity contribution in [3.8, 4) is 0 Å². The van der Waals surface area contributed by atoms with Crippen LogP contribution in [0, 0.1) is 11.8 Å². The van der Waals surface area contributed by atoms with Gasteiger partial charge in [0, 0.05) is 25.0 Å². The number of nitrogens with zero attached hydrogens (tertiary/aromatic N) is 1. The van der Waals surface area contributed by atoms with Gasteiger partial charge in [-0.1, -0.05) is 27.7 Å². The van der Waals surface area contributed by atoms with Crippen LogP contribution in [-0.2, 0) is 9.53 Å². The van der Waals surface area contributed by atoms with Crippen molar-refractivity contribution < 1.29 is 14.3 Å². The van der Waals surface area contributed by atoms with Gasteiger partial charge in [0.15, 0.2) is 0 Å². The average Bonchev–Trinajstić information content (AvgIpc) is 2.46. The first-order valence-electron chi connectivity index (χ1n) is 8.19. The summed E-state index contributed by atoms with van der Waals surface area (Å²) in [4.78, 5) is 25.6. The van der Waals surface area contributed by atoms with E-state index >= 15 is 0 Å². The SMILES string of the molecule is CCC(CC)C(=O)NC1CCN(C(=O)OCC(C)C)CC1. The number of ether oxygens (including phenoxy) is 1. The molecule has 122 valence electrons. The van der Waals surface area contributed by atoms with Crippen molar-refractivity contribution in [1.29, 1.82) is 0 Å². The van der Waals surface area contributed by atoms with Gasteiger partial charge in [-0.15, -0.1) is 0 Å². The maximum absolute atomic E-state index is 12.1. The van der Waals surface area contributed by atoms with E-state index in [1.807, 2.05) is 27.7 Å². The van der Waals surface area contributed by atoms with Gasteiger partial charge in [-0.05, 0) is 31.6 Å².